The summed E-state index contributed by atoms with van der Waals surface area (Å²) in [6, 6.07) is 7.67. The molecule has 1 fully saturated rings. The first-order chi connectivity index (χ1) is 7.86. The Labute approximate surface area is 102 Å². The van der Waals surface area contributed by atoms with Crippen LogP contribution in [0.4, 0.5) is 0 Å². The standard InChI is InChI=1S/C13H18ClNO/c14-12-6-2-3-7-13(12)16-11-10-15-8-4-1-5-9-15/h2-3,6-7H,1,4-5,8-11H2/p+1. The number of piperidine rings is 1. The Morgan fingerprint density at radius 2 is 1.88 bits per heavy atom. The summed E-state index contributed by atoms with van der Waals surface area (Å²) in [6.45, 7) is 4.45. The van der Waals surface area contributed by atoms with E-state index in [1.165, 1.54) is 32.4 Å². The monoisotopic (exact) mass is 240 g/mol. The third kappa shape index (κ3) is 3.39. The van der Waals surface area contributed by atoms with Crippen LogP contribution in [0.15, 0.2) is 24.3 Å². The molecular formula is C13H19ClNO+. The Hall–Kier alpha value is -0.730. The van der Waals surface area contributed by atoms with Crippen LogP contribution in [-0.4, -0.2) is 26.2 Å². The van der Waals surface area contributed by atoms with Gasteiger partial charge in [0.25, 0.3) is 0 Å². The summed E-state index contributed by atoms with van der Waals surface area (Å²) in [6.07, 6.45) is 4.12. The zero-order valence-electron chi connectivity index (χ0n) is 9.55. The minimum atomic E-state index is 0.705. The average Bonchev–Trinajstić information content (AvgIpc) is 2.33. The number of halogens is 1. The number of ether oxygens (including phenoxy) is 1. The van der Waals surface area contributed by atoms with Gasteiger partial charge in [-0.15, -0.1) is 0 Å². The van der Waals surface area contributed by atoms with E-state index in [0.29, 0.717) is 5.02 Å². The smallest absolute Gasteiger partial charge is 0.138 e. The second kappa shape index (κ2) is 6.12. The van der Waals surface area contributed by atoms with E-state index in [4.69, 9.17) is 16.3 Å². The van der Waals surface area contributed by atoms with Gasteiger partial charge in [0.05, 0.1) is 18.1 Å². The largest absolute Gasteiger partial charge is 0.486 e. The molecule has 1 aromatic rings. The molecule has 1 heterocycles. The van der Waals surface area contributed by atoms with Crippen LogP contribution in [0.5, 0.6) is 5.75 Å². The van der Waals surface area contributed by atoms with Gasteiger partial charge in [0.1, 0.15) is 18.9 Å². The Bertz CT molecular complexity index is 323. The molecule has 0 aromatic heterocycles. The molecule has 1 saturated heterocycles. The summed E-state index contributed by atoms with van der Waals surface area (Å²) in [5.74, 6) is 0.806. The zero-order valence-corrected chi connectivity index (χ0v) is 10.3. The first-order valence-electron chi connectivity index (χ1n) is 6.07. The SMILES string of the molecule is Clc1ccccc1OCC[NH+]1CCCCC1. The molecule has 2 nitrogen and oxygen atoms in total. The average molecular weight is 241 g/mol. The molecule has 0 saturated carbocycles. The normalized spacial score (nSPS) is 17.3. The number of rotatable bonds is 4. The lowest BCUT2D eigenvalue weighted by molar-refractivity contribution is -0.904. The fraction of sp³-hybridized carbons (Fsp3) is 0.538. The molecule has 88 valence electrons. The fourth-order valence-electron chi connectivity index (χ4n) is 2.17. The number of quaternary nitrogens is 1. The molecule has 0 radical (unpaired) electrons. The minimum Gasteiger partial charge on any atom is -0.486 e. The molecule has 2 rings (SSSR count). The van der Waals surface area contributed by atoms with E-state index in [-0.39, 0.29) is 0 Å². The molecule has 0 unspecified atom stereocenters. The Kier molecular flexibility index (Phi) is 4.49. The predicted molar refractivity (Wildman–Crippen MR) is 66.4 cm³/mol. The van der Waals surface area contributed by atoms with Crippen LogP contribution in [0.2, 0.25) is 5.02 Å². The number of hydrogen-bond acceptors (Lipinski definition) is 1. The number of para-hydroxylation sites is 1. The molecule has 16 heavy (non-hydrogen) atoms. The molecule has 1 aliphatic heterocycles. The highest BCUT2D eigenvalue weighted by Crippen LogP contribution is 2.22. The van der Waals surface area contributed by atoms with Crippen LogP contribution in [0.3, 0.4) is 0 Å². The van der Waals surface area contributed by atoms with E-state index < -0.39 is 0 Å². The quantitative estimate of drug-likeness (QED) is 0.847. The second-order valence-electron chi connectivity index (χ2n) is 4.34. The van der Waals surface area contributed by atoms with Crippen molar-refractivity contribution in [1.29, 1.82) is 0 Å². The highest BCUT2D eigenvalue weighted by molar-refractivity contribution is 6.32. The summed E-state index contributed by atoms with van der Waals surface area (Å²) in [5, 5.41) is 0.705. The van der Waals surface area contributed by atoms with Crippen LogP contribution in [0.25, 0.3) is 0 Å². The lowest BCUT2D eigenvalue weighted by Crippen LogP contribution is -3.13. The Balaban J connectivity index is 1.73. The summed E-state index contributed by atoms with van der Waals surface area (Å²) in [4.78, 5) is 1.67. The van der Waals surface area contributed by atoms with Crippen molar-refractivity contribution in [3.8, 4) is 5.75 Å². The molecule has 1 N–H and O–H groups in total. The molecule has 0 spiro atoms. The van der Waals surface area contributed by atoms with E-state index in [0.717, 1.165) is 18.9 Å². The number of nitrogens with one attached hydrogen (secondary N) is 1. The van der Waals surface area contributed by atoms with Gasteiger partial charge < -0.3 is 9.64 Å². The molecule has 0 amide bonds. The maximum absolute atomic E-state index is 6.01. The van der Waals surface area contributed by atoms with Crippen LogP contribution < -0.4 is 9.64 Å². The van der Waals surface area contributed by atoms with Crippen molar-refractivity contribution in [2.45, 2.75) is 19.3 Å². The lowest BCUT2D eigenvalue weighted by Gasteiger charge is -2.23. The fourth-order valence-corrected chi connectivity index (χ4v) is 2.36. The molecule has 3 heteroatoms. The highest BCUT2D eigenvalue weighted by atomic mass is 35.5. The van der Waals surface area contributed by atoms with Gasteiger partial charge >= 0.3 is 0 Å². The van der Waals surface area contributed by atoms with Gasteiger partial charge in [0, 0.05) is 0 Å². The van der Waals surface area contributed by atoms with Crippen LogP contribution in [-0.2, 0) is 0 Å². The number of hydrogen-bond donors (Lipinski definition) is 1. The molecule has 0 bridgehead atoms. The van der Waals surface area contributed by atoms with Gasteiger partial charge in [-0.05, 0) is 31.4 Å². The topological polar surface area (TPSA) is 13.7 Å². The van der Waals surface area contributed by atoms with Crippen molar-refractivity contribution in [3.63, 3.8) is 0 Å². The molecular weight excluding hydrogens is 222 g/mol. The number of likely N-dealkylation sites (tertiary alicyclic amines) is 1. The van der Waals surface area contributed by atoms with E-state index in [2.05, 4.69) is 0 Å². The van der Waals surface area contributed by atoms with Gasteiger partial charge in [-0.25, -0.2) is 0 Å². The minimum absolute atomic E-state index is 0.705. The van der Waals surface area contributed by atoms with Gasteiger partial charge in [0.2, 0.25) is 0 Å². The second-order valence-corrected chi connectivity index (χ2v) is 4.75. The summed E-state index contributed by atoms with van der Waals surface area (Å²) in [5.41, 5.74) is 0. The van der Waals surface area contributed by atoms with Crippen molar-refractivity contribution in [2.75, 3.05) is 26.2 Å². The van der Waals surface area contributed by atoms with Gasteiger partial charge in [-0.3, -0.25) is 0 Å². The van der Waals surface area contributed by atoms with E-state index in [1.807, 2.05) is 24.3 Å². The molecule has 1 aliphatic rings. The van der Waals surface area contributed by atoms with Gasteiger partial charge in [0.15, 0.2) is 0 Å². The third-order valence-electron chi connectivity index (χ3n) is 3.11. The zero-order chi connectivity index (χ0) is 11.2. The lowest BCUT2D eigenvalue weighted by atomic mass is 10.1. The van der Waals surface area contributed by atoms with Crippen molar-refractivity contribution in [2.24, 2.45) is 0 Å². The first-order valence-corrected chi connectivity index (χ1v) is 6.45. The predicted octanol–water partition coefficient (Wildman–Crippen LogP) is 1.79. The maximum atomic E-state index is 6.01. The molecule has 0 aliphatic carbocycles. The van der Waals surface area contributed by atoms with Crippen LogP contribution in [0, 0.1) is 0 Å². The maximum Gasteiger partial charge on any atom is 0.138 e. The molecule has 0 atom stereocenters. The summed E-state index contributed by atoms with van der Waals surface area (Å²) < 4.78 is 5.69. The van der Waals surface area contributed by atoms with E-state index in [9.17, 15) is 0 Å². The third-order valence-corrected chi connectivity index (χ3v) is 3.42. The summed E-state index contributed by atoms with van der Waals surface area (Å²) >= 11 is 6.01. The van der Waals surface area contributed by atoms with Crippen LogP contribution >= 0.6 is 11.6 Å². The summed E-state index contributed by atoms with van der Waals surface area (Å²) in [7, 11) is 0. The van der Waals surface area contributed by atoms with Crippen molar-refractivity contribution in [3.05, 3.63) is 29.3 Å². The van der Waals surface area contributed by atoms with Crippen molar-refractivity contribution in [1.82, 2.24) is 0 Å². The van der Waals surface area contributed by atoms with Crippen molar-refractivity contribution < 1.29 is 9.64 Å². The van der Waals surface area contributed by atoms with Gasteiger partial charge in [-0.2, -0.15) is 0 Å². The van der Waals surface area contributed by atoms with E-state index in [1.54, 1.807) is 4.90 Å². The number of benzene rings is 1. The Morgan fingerprint density at radius 3 is 2.62 bits per heavy atom. The first kappa shape index (κ1) is 11.7. The van der Waals surface area contributed by atoms with Gasteiger partial charge in [-0.1, -0.05) is 23.7 Å². The van der Waals surface area contributed by atoms with Crippen molar-refractivity contribution >= 4 is 11.6 Å². The molecule has 1 aromatic carbocycles. The van der Waals surface area contributed by atoms with Crippen LogP contribution in [0.1, 0.15) is 19.3 Å². The van der Waals surface area contributed by atoms with E-state index >= 15 is 0 Å². The Morgan fingerprint density at radius 1 is 1.12 bits per heavy atom. The highest BCUT2D eigenvalue weighted by Gasteiger charge is 2.13.